The van der Waals surface area contributed by atoms with Crippen LogP contribution in [0.25, 0.3) is 10.9 Å². The highest BCUT2D eigenvalue weighted by molar-refractivity contribution is 6.06. The molecule has 0 unspecified atom stereocenters. The van der Waals surface area contributed by atoms with Crippen LogP contribution in [0.15, 0.2) is 42.5 Å². The van der Waals surface area contributed by atoms with E-state index in [1.54, 1.807) is 0 Å². The molecule has 0 saturated heterocycles. The third-order valence-electron chi connectivity index (χ3n) is 5.34. The Morgan fingerprint density at radius 2 is 1.89 bits per heavy atom. The van der Waals surface area contributed by atoms with E-state index in [0.717, 1.165) is 58.2 Å². The number of aromatic nitrogens is 1. The summed E-state index contributed by atoms with van der Waals surface area (Å²) < 4.78 is 5.39. The van der Waals surface area contributed by atoms with Gasteiger partial charge in [0.25, 0.3) is 5.91 Å². The number of rotatable bonds is 4. The molecule has 0 fully saturated rings. The second-order valence-electron chi connectivity index (χ2n) is 7.15. The van der Waals surface area contributed by atoms with E-state index in [2.05, 4.69) is 10.3 Å². The van der Waals surface area contributed by atoms with E-state index in [1.165, 1.54) is 0 Å². The Balaban J connectivity index is 1.53. The van der Waals surface area contributed by atoms with Crippen molar-refractivity contribution < 1.29 is 14.3 Å². The second kappa shape index (κ2) is 7.43. The Hall–Kier alpha value is -3.21. The lowest BCUT2D eigenvalue weighted by molar-refractivity contribution is -0.119. The topological polar surface area (TPSA) is 68.3 Å². The van der Waals surface area contributed by atoms with Crippen LogP contribution in [0.5, 0.6) is 0 Å². The van der Waals surface area contributed by atoms with Crippen LogP contribution in [0.2, 0.25) is 0 Å². The van der Waals surface area contributed by atoms with Crippen molar-refractivity contribution in [1.82, 2.24) is 4.98 Å². The molecule has 0 radical (unpaired) electrons. The maximum absolute atomic E-state index is 12.9. The number of aryl methyl sites for hydroxylation is 2. The van der Waals surface area contributed by atoms with Crippen LogP contribution in [-0.4, -0.2) is 23.5 Å². The number of pyridine rings is 1. The summed E-state index contributed by atoms with van der Waals surface area (Å²) in [6.45, 7) is 3.61. The van der Waals surface area contributed by atoms with Crippen molar-refractivity contribution in [2.45, 2.75) is 33.1 Å². The molecule has 1 aliphatic rings. The average Bonchev–Trinajstić information content (AvgIpc) is 3.15. The fourth-order valence-corrected chi connectivity index (χ4v) is 3.72. The third kappa shape index (κ3) is 3.36. The Labute approximate surface area is 163 Å². The van der Waals surface area contributed by atoms with Crippen LogP contribution >= 0.6 is 0 Å². The zero-order valence-corrected chi connectivity index (χ0v) is 16.0. The molecule has 5 heteroatoms. The van der Waals surface area contributed by atoms with Gasteiger partial charge in [-0.05, 0) is 61.9 Å². The fourth-order valence-electron chi connectivity index (χ4n) is 3.72. The van der Waals surface area contributed by atoms with Gasteiger partial charge in [0.1, 0.15) is 0 Å². The van der Waals surface area contributed by atoms with Crippen molar-refractivity contribution >= 4 is 28.5 Å². The van der Waals surface area contributed by atoms with E-state index >= 15 is 0 Å². The maximum atomic E-state index is 12.9. The molecular formula is C23H22N2O3. The molecule has 1 aliphatic carbocycles. The van der Waals surface area contributed by atoms with E-state index in [9.17, 15) is 9.59 Å². The summed E-state index contributed by atoms with van der Waals surface area (Å²) in [5, 5.41) is 3.60. The van der Waals surface area contributed by atoms with Crippen molar-refractivity contribution in [2.75, 3.05) is 11.9 Å². The Morgan fingerprint density at radius 1 is 1.07 bits per heavy atom. The average molecular weight is 374 g/mol. The van der Waals surface area contributed by atoms with Gasteiger partial charge < -0.3 is 10.1 Å². The molecule has 0 atom stereocenters. The van der Waals surface area contributed by atoms with Crippen LogP contribution < -0.4 is 5.32 Å². The smallest absolute Gasteiger partial charge is 0.339 e. The maximum Gasteiger partial charge on any atom is 0.339 e. The summed E-state index contributed by atoms with van der Waals surface area (Å²) in [4.78, 5) is 29.9. The molecule has 0 spiro atoms. The van der Waals surface area contributed by atoms with Gasteiger partial charge in [0, 0.05) is 16.8 Å². The second-order valence-corrected chi connectivity index (χ2v) is 7.15. The molecule has 1 heterocycles. The summed E-state index contributed by atoms with van der Waals surface area (Å²) in [6, 6.07) is 13.3. The predicted octanol–water partition coefficient (Wildman–Crippen LogP) is 4.14. The highest BCUT2D eigenvalue weighted by Gasteiger charge is 2.25. The van der Waals surface area contributed by atoms with Crippen molar-refractivity contribution in [3.05, 3.63) is 70.4 Å². The van der Waals surface area contributed by atoms with Gasteiger partial charge in [-0.15, -0.1) is 0 Å². The molecule has 1 aromatic heterocycles. The molecule has 5 nitrogen and oxygen atoms in total. The van der Waals surface area contributed by atoms with Gasteiger partial charge in [0.15, 0.2) is 6.61 Å². The van der Waals surface area contributed by atoms with E-state index in [-0.39, 0.29) is 12.5 Å². The zero-order chi connectivity index (χ0) is 19.7. The molecule has 1 N–H and O–H groups in total. The van der Waals surface area contributed by atoms with Crippen LogP contribution in [-0.2, 0) is 22.4 Å². The van der Waals surface area contributed by atoms with Gasteiger partial charge in [-0.2, -0.15) is 0 Å². The summed E-state index contributed by atoms with van der Waals surface area (Å²) in [6.07, 6.45) is 2.66. The quantitative estimate of drug-likeness (QED) is 0.697. The Bertz CT molecular complexity index is 1090. The van der Waals surface area contributed by atoms with Crippen LogP contribution in [0.1, 0.15) is 39.2 Å². The van der Waals surface area contributed by atoms with Gasteiger partial charge in [0.2, 0.25) is 0 Å². The first kappa shape index (κ1) is 18.2. The van der Waals surface area contributed by atoms with Crippen molar-refractivity contribution in [1.29, 1.82) is 0 Å². The van der Waals surface area contributed by atoms with Crippen molar-refractivity contribution in [3.8, 4) is 0 Å². The van der Waals surface area contributed by atoms with Gasteiger partial charge >= 0.3 is 5.97 Å². The highest BCUT2D eigenvalue weighted by Crippen LogP contribution is 2.30. The molecule has 0 aliphatic heterocycles. The molecule has 0 saturated carbocycles. The number of nitrogens with one attached hydrogen (secondary N) is 1. The summed E-state index contributed by atoms with van der Waals surface area (Å²) >= 11 is 0. The number of carbonyl (C=O) groups excluding carboxylic acids is 2. The first-order valence-electron chi connectivity index (χ1n) is 9.48. The number of benzene rings is 2. The minimum absolute atomic E-state index is 0.322. The molecule has 0 bridgehead atoms. The molecule has 3 aromatic rings. The summed E-state index contributed by atoms with van der Waals surface area (Å²) in [7, 11) is 0. The summed E-state index contributed by atoms with van der Waals surface area (Å²) in [5.74, 6) is -0.815. The number of anilines is 1. The predicted molar refractivity (Wildman–Crippen MR) is 109 cm³/mol. The third-order valence-corrected chi connectivity index (χ3v) is 5.34. The first-order chi connectivity index (χ1) is 13.5. The number of nitrogens with zero attached hydrogens (tertiary/aromatic N) is 1. The highest BCUT2D eigenvalue weighted by atomic mass is 16.5. The standard InChI is InChI=1S/C23H22N2O3/c1-14-7-5-11-18(15(14)2)25-21(26)13-28-23(27)22-16-8-3-4-10-19(16)24-20-12-6-9-17(20)22/h3-5,7-8,10-11H,6,9,12-13H2,1-2H3,(H,25,26). The number of amides is 1. The van der Waals surface area contributed by atoms with Gasteiger partial charge in [0.05, 0.1) is 11.1 Å². The number of fused-ring (bicyclic) bond motifs is 2. The first-order valence-corrected chi connectivity index (χ1v) is 9.48. The minimum atomic E-state index is -0.465. The lowest BCUT2D eigenvalue weighted by atomic mass is 10.0. The lowest BCUT2D eigenvalue weighted by Crippen LogP contribution is -2.22. The molecule has 1 amide bonds. The normalized spacial score (nSPS) is 12.6. The Morgan fingerprint density at radius 3 is 2.75 bits per heavy atom. The number of carbonyl (C=O) groups is 2. The number of ether oxygens (including phenoxy) is 1. The number of para-hydroxylation sites is 1. The summed E-state index contributed by atoms with van der Waals surface area (Å²) in [5.41, 5.74) is 6.08. The number of esters is 1. The van der Waals surface area contributed by atoms with Gasteiger partial charge in [-0.25, -0.2) is 4.79 Å². The minimum Gasteiger partial charge on any atom is -0.452 e. The number of hydrogen-bond acceptors (Lipinski definition) is 4. The SMILES string of the molecule is Cc1cccc(NC(=O)COC(=O)c2c3c(nc4ccccc24)CCC3)c1C. The van der Waals surface area contributed by atoms with Crippen LogP contribution in [0.3, 0.4) is 0 Å². The van der Waals surface area contributed by atoms with Gasteiger partial charge in [-0.3, -0.25) is 9.78 Å². The Kier molecular flexibility index (Phi) is 4.82. The fraction of sp³-hybridized carbons (Fsp3) is 0.261. The van der Waals surface area contributed by atoms with E-state index in [4.69, 9.17) is 4.74 Å². The largest absolute Gasteiger partial charge is 0.452 e. The molecule has 2 aromatic carbocycles. The van der Waals surface area contributed by atoms with Gasteiger partial charge in [-0.1, -0.05) is 30.3 Å². The van der Waals surface area contributed by atoms with Crippen LogP contribution in [0.4, 0.5) is 5.69 Å². The van der Waals surface area contributed by atoms with Crippen molar-refractivity contribution in [3.63, 3.8) is 0 Å². The zero-order valence-electron chi connectivity index (χ0n) is 16.0. The van der Waals surface area contributed by atoms with E-state index in [1.807, 2.05) is 56.3 Å². The van der Waals surface area contributed by atoms with E-state index < -0.39 is 5.97 Å². The number of hydrogen-bond donors (Lipinski definition) is 1. The molecule has 4 rings (SSSR count). The van der Waals surface area contributed by atoms with Crippen LogP contribution in [0, 0.1) is 13.8 Å². The molecular weight excluding hydrogens is 352 g/mol. The molecule has 28 heavy (non-hydrogen) atoms. The van der Waals surface area contributed by atoms with Crippen molar-refractivity contribution in [2.24, 2.45) is 0 Å². The van der Waals surface area contributed by atoms with E-state index in [0.29, 0.717) is 5.56 Å². The molecule has 142 valence electrons. The lowest BCUT2D eigenvalue weighted by Gasteiger charge is -2.13. The monoisotopic (exact) mass is 374 g/mol.